The lowest BCUT2D eigenvalue weighted by molar-refractivity contribution is -0.138. The molecule has 162 valence electrons. The molecule has 3 heterocycles. The van der Waals surface area contributed by atoms with Gasteiger partial charge in [0.05, 0.1) is 12.1 Å². The minimum atomic E-state index is -0.226. The highest BCUT2D eigenvalue weighted by atomic mass is 16.2. The Labute approximate surface area is 184 Å². The van der Waals surface area contributed by atoms with Crippen LogP contribution in [0.1, 0.15) is 35.1 Å². The maximum Gasteiger partial charge on any atom is 0.278 e. The quantitative estimate of drug-likeness (QED) is 0.699. The van der Waals surface area contributed by atoms with Gasteiger partial charge in [0, 0.05) is 25.5 Å². The number of piperidine rings is 1. The first-order chi connectivity index (χ1) is 14.9. The lowest BCUT2D eigenvalue weighted by atomic mass is 9.96. The number of imide groups is 1. The molecule has 0 unspecified atom stereocenters. The second-order valence-electron chi connectivity index (χ2n) is 8.75. The van der Waals surface area contributed by atoms with Gasteiger partial charge in [0.2, 0.25) is 0 Å². The van der Waals surface area contributed by atoms with Gasteiger partial charge < -0.3 is 9.80 Å². The highest BCUT2D eigenvalue weighted by Gasteiger charge is 2.42. The Balaban J connectivity index is 1.75. The summed E-state index contributed by atoms with van der Waals surface area (Å²) in [4.78, 5) is 37.1. The molecule has 2 amide bonds. The van der Waals surface area contributed by atoms with Gasteiger partial charge in [-0.25, -0.2) is 0 Å². The van der Waals surface area contributed by atoms with Gasteiger partial charge in [-0.2, -0.15) is 0 Å². The number of hydrogen-bond donors (Lipinski definition) is 0. The topological polar surface area (TPSA) is 56.8 Å². The smallest absolute Gasteiger partial charge is 0.278 e. The monoisotopic (exact) mass is 418 g/mol. The van der Waals surface area contributed by atoms with Crippen molar-refractivity contribution in [1.29, 1.82) is 0 Å². The molecule has 1 saturated heterocycles. The number of carbonyl (C=O) groups excluding carboxylic acids is 2. The highest BCUT2D eigenvalue weighted by molar-refractivity contribution is 6.35. The first kappa shape index (κ1) is 21.2. The van der Waals surface area contributed by atoms with E-state index >= 15 is 0 Å². The zero-order chi connectivity index (χ0) is 22.1. The van der Waals surface area contributed by atoms with Crippen molar-refractivity contribution in [3.63, 3.8) is 0 Å². The Kier molecular flexibility index (Phi) is 5.92. The predicted octanol–water partition coefficient (Wildman–Crippen LogP) is 3.00. The van der Waals surface area contributed by atoms with Crippen LogP contribution >= 0.6 is 0 Å². The fourth-order valence-electron chi connectivity index (χ4n) is 4.61. The van der Waals surface area contributed by atoms with Crippen molar-refractivity contribution in [2.24, 2.45) is 0 Å². The van der Waals surface area contributed by atoms with Crippen molar-refractivity contribution in [2.75, 3.05) is 27.2 Å². The molecule has 2 aliphatic rings. The molecule has 0 spiro atoms. The van der Waals surface area contributed by atoms with E-state index in [0.29, 0.717) is 11.3 Å². The van der Waals surface area contributed by atoms with Crippen LogP contribution in [-0.4, -0.2) is 64.7 Å². The number of nitrogens with zero attached hydrogens (tertiary/aromatic N) is 4. The van der Waals surface area contributed by atoms with Crippen LogP contribution in [0.3, 0.4) is 0 Å². The largest absolute Gasteiger partial charge is 0.366 e. The number of pyridine rings is 1. The third kappa shape index (κ3) is 4.12. The molecule has 0 bridgehead atoms. The van der Waals surface area contributed by atoms with E-state index in [0.717, 1.165) is 48.2 Å². The van der Waals surface area contributed by atoms with E-state index in [1.54, 1.807) is 12.4 Å². The molecule has 0 saturated carbocycles. The van der Waals surface area contributed by atoms with E-state index in [2.05, 4.69) is 27.9 Å². The predicted molar refractivity (Wildman–Crippen MR) is 121 cm³/mol. The Morgan fingerprint density at radius 3 is 2.48 bits per heavy atom. The Morgan fingerprint density at radius 2 is 1.84 bits per heavy atom. The summed E-state index contributed by atoms with van der Waals surface area (Å²) in [5.74, 6) is -0.444. The summed E-state index contributed by atoms with van der Waals surface area (Å²) in [5.41, 5.74) is 4.87. The summed E-state index contributed by atoms with van der Waals surface area (Å²) >= 11 is 0. The van der Waals surface area contributed by atoms with Crippen LogP contribution in [0.5, 0.6) is 0 Å². The van der Waals surface area contributed by atoms with Crippen LogP contribution in [0, 0.1) is 13.8 Å². The normalized spacial score (nSPS) is 18.3. The van der Waals surface area contributed by atoms with Gasteiger partial charge in [0.25, 0.3) is 11.8 Å². The molecule has 0 radical (unpaired) electrons. The van der Waals surface area contributed by atoms with Gasteiger partial charge in [-0.1, -0.05) is 29.8 Å². The van der Waals surface area contributed by atoms with Crippen LogP contribution in [0.25, 0.3) is 5.57 Å². The SMILES string of the molecule is Cc1ccc(C2=C(N(C)C3CCN(C)CC3)C(=O)N(Cc3cccnc3)C2=O)c(C)c1. The number of carbonyl (C=O) groups is 2. The molecule has 0 aliphatic carbocycles. The first-order valence-corrected chi connectivity index (χ1v) is 10.8. The van der Waals surface area contributed by atoms with Gasteiger partial charge in [0.15, 0.2) is 0 Å². The van der Waals surface area contributed by atoms with Crippen molar-refractivity contribution in [2.45, 2.75) is 39.3 Å². The Bertz CT molecular complexity index is 1020. The van der Waals surface area contributed by atoms with E-state index in [1.807, 2.05) is 45.2 Å². The molecule has 0 N–H and O–H groups in total. The fourth-order valence-corrected chi connectivity index (χ4v) is 4.61. The van der Waals surface area contributed by atoms with Gasteiger partial charge in [-0.15, -0.1) is 0 Å². The first-order valence-electron chi connectivity index (χ1n) is 10.8. The van der Waals surface area contributed by atoms with E-state index in [-0.39, 0.29) is 24.4 Å². The Morgan fingerprint density at radius 1 is 1.10 bits per heavy atom. The van der Waals surface area contributed by atoms with Crippen molar-refractivity contribution in [3.8, 4) is 0 Å². The average Bonchev–Trinajstić information content (AvgIpc) is 2.99. The van der Waals surface area contributed by atoms with Crippen molar-refractivity contribution in [3.05, 3.63) is 70.7 Å². The number of aryl methyl sites for hydroxylation is 2. The fraction of sp³-hybridized carbons (Fsp3) is 0.400. The number of benzene rings is 1. The highest BCUT2D eigenvalue weighted by Crippen LogP contribution is 2.35. The molecule has 31 heavy (non-hydrogen) atoms. The molecule has 6 heteroatoms. The molecule has 2 aromatic rings. The van der Waals surface area contributed by atoms with Crippen LogP contribution < -0.4 is 0 Å². The summed E-state index contributed by atoms with van der Waals surface area (Å²) in [6, 6.07) is 10.00. The molecule has 6 nitrogen and oxygen atoms in total. The molecular formula is C25H30N4O2. The van der Waals surface area contributed by atoms with Crippen LogP contribution in [0.4, 0.5) is 0 Å². The zero-order valence-electron chi connectivity index (χ0n) is 18.8. The van der Waals surface area contributed by atoms with E-state index in [1.165, 1.54) is 4.90 Å². The van der Waals surface area contributed by atoms with Crippen LogP contribution in [0.15, 0.2) is 48.4 Å². The minimum absolute atomic E-state index is 0.217. The molecular weight excluding hydrogens is 388 g/mol. The maximum absolute atomic E-state index is 13.6. The van der Waals surface area contributed by atoms with Crippen molar-refractivity contribution < 1.29 is 9.59 Å². The summed E-state index contributed by atoms with van der Waals surface area (Å²) < 4.78 is 0. The minimum Gasteiger partial charge on any atom is -0.366 e. The summed E-state index contributed by atoms with van der Waals surface area (Å²) in [5, 5.41) is 0. The number of amides is 2. The molecule has 1 fully saturated rings. The van der Waals surface area contributed by atoms with Crippen LogP contribution in [0.2, 0.25) is 0 Å². The Hall–Kier alpha value is -2.99. The second kappa shape index (κ2) is 8.63. The summed E-state index contributed by atoms with van der Waals surface area (Å²) in [6.45, 7) is 6.24. The summed E-state index contributed by atoms with van der Waals surface area (Å²) in [7, 11) is 4.09. The number of hydrogen-bond acceptors (Lipinski definition) is 5. The standard InChI is InChI=1S/C25H30N4O2/c1-17-7-8-21(18(2)14-17)22-23(28(4)20-9-12-27(3)13-10-20)25(31)29(24(22)30)16-19-6-5-11-26-15-19/h5-8,11,14-15,20H,9-10,12-13,16H2,1-4H3. The number of aromatic nitrogens is 1. The molecule has 0 atom stereocenters. The molecule has 2 aliphatic heterocycles. The molecule has 4 rings (SSSR count). The van der Waals surface area contributed by atoms with Gasteiger partial charge in [0.1, 0.15) is 5.70 Å². The third-order valence-corrected chi connectivity index (χ3v) is 6.45. The van der Waals surface area contributed by atoms with E-state index in [9.17, 15) is 9.59 Å². The van der Waals surface area contributed by atoms with Crippen LogP contribution in [-0.2, 0) is 16.1 Å². The molecule has 1 aromatic carbocycles. The third-order valence-electron chi connectivity index (χ3n) is 6.45. The number of rotatable bonds is 5. The van der Waals surface area contributed by atoms with Crippen molar-refractivity contribution in [1.82, 2.24) is 19.7 Å². The maximum atomic E-state index is 13.6. The van der Waals surface area contributed by atoms with E-state index in [4.69, 9.17) is 0 Å². The lowest BCUT2D eigenvalue weighted by Crippen LogP contribution is -2.43. The van der Waals surface area contributed by atoms with Gasteiger partial charge >= 0.3 is 0 Å². The average molecular weight is 419 g/mol. The second-order valence-corrected chi connectivity index (χ2v) is 8.75. The number of likely N-dealkylation sites (tertiary alicyclic amines) is 1. The van der Waals surface area contributed by atoms with E-state index < -0.39 is 0 Å². The van der Waals surface area contributed by atoms with Crippen molar-refractivity contribution >= 4 is 17.4 Å². The zero-order valence-corrected chi connectivity index (χ0v) is 18.8. The van der Waals surface area contributed by atoms with Gasteiger partial charge in [-0.05, 0) is 69.6 Å². The summed E-state index contributed by atoms with van der Waals surface area (Å²) in [6.07, 6.45) is 5.34. The number of likely N-dealkylation sites (N-methyl/N-ethyl adjacent to an activating group) is 1. The van der Waals surface area contributed by atoms with Gasteiger partial charge in [-0.3, -0.25) is 19.5 Å². The molecule has 1 aromatic heterocycles. The lowest BCUT2D eigenvalue weighted by Gasteiger charge is -2.36.